The van der Waals surface area contributed by atoms with E-state index < -0.39 is 0 Å². The molecule has 0 spiro atoms. The van der Waals surface area contributed by atoms with Crippen LogP contribution in [-0.4, -0.2) is 13.1 Å². The summed E-state index contributed by atoms with van der Waals surface area (Å²) in [6.45, 7) is 8.96. The third-order valence-corrected chi connectivity index (χ3v) is 4.12. The summed E-state index contributed by atoms with van der Waals surface area (Å²) in [7, 11) is 2.18. The van der Waals surface area contributed by atoms with Crippen LogP contribution in [0.4, 0.5) is 5.69 Å². The van der Waals surface area contributed by atoms with Crippen LogP contribution in [0.15, 0.2) is 52.6 Å². The molecule has 0 unspecified atom stereocenters. The Kier molecular flexibility index (Phi) is 3.10. The van der Waals surface area contributed by atoms with E-state index in [0.717, 1.165) is 0 Å². The van der Waals surface area contributed by atoms with Crippen molar-refractivity contribution in [1.29, 1.82) is 0 Å². The third kappa shape index (κ3) is 1.90. The van der Waals surface area contributed by atoms with E-state index >= 15 is 0 Å². The zero-order valence-corrected chi connectivity index (χ0v) is 11.4. The van der Waals surface area contributed by atoms with Gasteiger partial charge in [-0.1, -0.05) is 18.2 Å². The molecule has 1 aromatic carbocycles. The first-order chi connectivity index (χ1) is 8.04. The summed E-state index contributed by atoms with van der Waals surface area (Å²) in [4.78, 5) is 2.37. The Morgan fingerprint density at radius 3 is 1.76 bits per heavy atom. The van der Waals surface area contributed by atoms with Crippen molar-refractivity contribution >= 4 is 5.69 Å². The van der Waals surface area contributed by atoms with Gasteiger partial charge in [-0.15, -0.1) is 0 Å². The average Bonchev–Trinajstić information content (AvgIpc) is 2.54. The lowest BCUT2D eigenvalue weighted by Crippen LogP contribution is -2.32. The predicted octanol–water partition coefficient (Wildman–Crippen LogP) is 4.18. The molecule has 0 fully saturated rings. The minimum atomic E-state index is 0.428. The SMILES string of the molecule is CC1=C(C)C(N(C)c2ccccc2)C(C)=C1C. The molecule has 1 heteroatoms. The molecule has 17 heavy (non-hydrogen) atoms. The van der Waals surface area contributed by atoms with Crippen LogP contribution in [-0.2, 0) is 0 Å². The Morgan fingerprint density at radius 2 is 1.29 bits per heavy atom. The number of nitrogens with zero attached hydrogens (tertiary/aromatic N) is 1. The van der Waals surface area contributed by atoms with Gasteiger partial charge in [-0.3, -0.25) is 0 Å². The molecule has 0 radical (unpaired) electrons. The number of rotatable bonds is 2. The van der Waals surface area contributed by atoms with Gasteiger partial charge in [0.05, 0.1) is 6.04 Å². The summed E-state index contributed by atoms with van der Waals surface area (Å²) in [5.74, 6) is 0. The summed E-state index contributed by atoms with van der Waals surface area (Å²) >= 11 is 0. The molecular weight excluding hydrogens is 206 g/mol. The fourth-order valence-corrected chi connectivity index (χ4v) is 2.72. The number of anilines is 1. The van der Waals surface area contributed by atoms with Gasteiger partial charge in [-0.2, -0.15) is 0 Å². The van der Waals surface area contributed by atoms with Crippen LogP contribution >= 0.6 is 0 Å². The highest BCUT2D eigenvalue weighted by atomic mass is 15.1. The molecule has 0 saturated carbocycles. The van der Waals surface area contributed by atoms with Crippen molar-refractivity contribution in [1.82, 2.24) is 0 Å². The van der Waals surface area contributed by atoms with E-state index in [1.165, 1.54) is 28.0 Å². The first-order valence-corrected chi connectivity index (χ1v) is 6.17. The van der Waals surface area contributed by atoms with Crippen molar-refractivity contribution in [2.75, 3.05) is 11.9 Å². The fraction of sp³-hybridized carbons (Fsp3) is 0.375. The van der Waals surface area contributed by atoms with E-state index in [4.69, 9.17) is 0 Å². The smallest absolute Gasteiger partial charge is 0.0718 e. The molecule has 0 aromatic heterocycles. The maximum absolute atomic E-state index is 2.37. The lowest BCUT2D eigenvalue weighted by Gasteiger charge is -2.29. The Bertz CT molecular complexity index is 456. The van der Waals surface area contributed by atoms with Crippen molar-refractivity contribution in [3.8, 4) is 0 Å². The van der Waals surface area contributed by atoms with Gasteiger partial charge in [0.2, 0.25) is 0 Å². The van der Waals surface area contributed by atoms with Crippen molar-refractivity contribution in [2.24, 2.45) is 0 Å². The van der Waals surface area contributed by atoms with Crippen LogP contribution in [0.25, 0.3) is 0 Å². The summed E-state index contributed by atoms with van der Waals surface area (Å²) in [6, 6.07) is 11.0. The molecule has 2 rings (SSSR count). The normalized spacial score (nSPS) is 17.0. The zero-order valence-electron chi connectivity index (χ0n) is 11.4. The molecule has 0 heterocycles. The van der Waals surface area contributed by atoms with Gasteiger partial charge in [0, 0.05) is 12.7 Å². The van der Waals surface area contributed by atoms with Gasteiger partial charge >= 0.3 is 0 Å². The number of hydrogen-bond donors (Lipinski definition) is 0. The Hall–Kier alpha value is -1.50. The second kappa shape index (κ2) is 4.40. The summed E-state index contributed by atoms with van der Waals surface area (Å²) in [6.07, 6.45) is 0. The maximum Gasteiger partial charge on any atom is 0.0718 e. The minimum absolute atomic E-state index is 0.428. The molecule has 0 amide bonds. The van der Waals surface area contributed by atoms with Crippen LogP contribution in [0, 0.1) is 0 Å². The molecule has 1 nitrogen and oxygen atoms in total. The Balaban J connectivity index is 2.37. The number of benzene rings is 1. The minimum Gasteiger partial charge on any atom is -0.364 e. The number of hydrogen-bond acceptors (Lipinski definition) is 1. The first-order valence-electron chi connectivity index (χ1n) is 6.17. The topological polar surface area (TPSA) is 3.24 Å². The van der Waals surface area contributed by atoms with Gasteiger partial charge in [-0.25, -0.2) is 0 Å². The molecule has 0 atom stereocenters. The second-order valence-electron chi connectivity index (χ2n) is 4.97. The van der Waals surface area contributed by atoms with Gasteiger partial charge in [0.15, 0.2) is 0 Å². The van der Waals surface area contributed by atoms with Crippen molar-refractivity contribution in [2.45, 2.75) is 33.7 Å². The van der Waals surface area contributed by atoms with Gasteiger partial charge in [0.1, 0.15) is 0 Å². The van der Waals surface area contributed by atoms with Crippen molar-refractivity contribution in [3.63, 3.8) is 0 Å². The molecule has 1 aromatic rings. The maximum atomic E-state index is 2.37. The van der Waals surface area contributed by atoms with E-state index in [9.17, 15) is 0 Å². The predicted molar refractivity (Wildman–Crippen MR) is 75.4 cm³/mol. The van der Waals surface area contributed by atoms with Crippen LogP contribution < -0.4 is 4.90 Å². The van der Waals surface area contributed by atoms with Crippen LogP contribution in [0.2, 0.25) is 0 Å². The van der Waals surface area contributed by atoms with Crippen molar-refractivity contribution < 1.29 is 0 Å². The van der Waals surface area contributed by atoms with E-state index in [1.807, 2.05) is 0 Å². The lowest BCUT2D eigenvalue weighted by molar-refractivity contribution is 0.812. The fourth-order valence-electron chi connectivity index (χ4n) is 2.72. The highest BCUT2D eigenvalue weighted by Gasteiger charge is 2.27. The highest BCUT2D eigenvalue weighted by Crippen LogP contribution is 2.36. The van der Waals surface area contributed by atoms with E-state index in [2.05, 4.69) is 70.0 Å². The van der Waals surface area contributed by atoms with Crippen molar-refractivity contribution in [3.05, 3.63) is 52.6 Å². The number of allylic oxidation sites excluding steroid dienone is 2. The van der Waals surface area contributed by atoms with Crippen LogP contribution in [0.1, 0.15) is 27.7 Å². The largest absolute Gasteiger partial charge is 0.364 e. The molecule has 90 valence electrons. The summed E-state index contributed by atoms with van der Waals surface area (Å²) < 4.78 is 0. The van der Waals surface area contributed by atoms with Gasteiger partial charge in [-0.05, 0) is 62.1 Å². The van der Waals surface area contributed by atoms with Crippen LogP contribution in [0.3, 0.4) is 0 Å². The van der Waals surface area contributed by atoms with E-state index in [0.29, 0.717) is 6.04 Å². The van der Waals surface area contributed by atoms with Gasteiger partial charge in [0.25, 0.3) is 0 Å². The molecule has 1 aliphatic rings. The zero-order chi connectivity index (χ0) is 12.6. The molecule has 0 saturated heterocycles. The summed E-state index contributed by atoms with van der Waals surface area (Å²) in [5, 5.41) is 0. The summed E-state index contributed by atoms with van der Waals surface area (Å²) in [5.41, 5.74) is 7.14. The van der Waals surface area contributed by atoms with Crippen LogP contribution in [0.5, 0.6) is 0 Å². The number of para-hydroxylation sites is 1. The molecular formula is C16H21N. The van der Waals surface area contributed by atoms with E-state index in [1.54, 1.807) is 0 Å². The average molecular weight is 227 g/mol. The standard InChI is InChI=1S/C16H21N/c1-11-12(2)14(4)16(13(11)3)17(5)15-9-7-6-8-10-15/h6-10,16H,1-5H3. The lowest BCUT2D eigenvalue weighted by atomic mass is 10.0. The Morgan fingerprint density at radius 1 is 0.824 bits per heavy atom. The molecule has 0 bridgehead atoms. The molecule has 1 aliphatic carbocycles. The highest BCUT2D eigenvalue weighted by molar-refractivity contribution is 5.58. The molecule has 0 N–H and O–H groups in total. The quantitative estimate of drug-likeness (QED) is 0.732. The second-order valence-corrected chi connectivity index (χ2v) is 4.97. The first kappa shape index (κ1) is 12.0. The third-order valence-electron chi connectivity index (χ3n) is 4.12. The van der Waals surface area contributed by atoms with E-state index in [-0.39, 0.29) is 0 Å². The van der Waals surface area contributed by atoms with Gasteiger partial charge < -0.3 is 4.90 Å². The molecule has 0 aliphatic heterocycles. The number of likely N-dealkylation sites (N-methyl/N-ethyl adjacent to an activating group) is 1. The Labute approximate surface area is 104 Å². The monoisotopic (exact) mass is 227 g/mol.